The highest BCUT2D eigenvalue weighted by atomic mass is 79.9. The normalized spacial score (nSPS) is 14.8. The number of pyridine rings is 1. The Hall–Kier alpha value is -1.86. The minimum absolute atomic E-state index is 0.0729. The van der Waals surface area contributed by atoms with Gasteiger partial charge in [-0.3, -0.25) is 4.79 Å². The first-order valence-corrected chi connectivity index (χ1v) is 8.53. The third-order valence-electron chi connectivity index (χ3n) is 3.94. The van der Waals surface area contributed by atoms with Crippen LogP contribution in [-0.4, -0.2) is 37.1 Å². The molecule has 1 aliphatic heterocycles. The van der Waals surface area contributed by atoms with E-state index in [2.05, 4.69) is 25.8 Å². The molecule has 5 nitrogen and oxygen atoms in total. The van der Waals surface area contributed by atoms with Crippen LogP contribution in [0.4, 0.5) is 15.9 Å². The summed E-state index contributed by atoms with van der Waals surface area (Å²) in [5.41, 5.74) is 5.79. The highest BCUT2D eigenvalue weighted by Crippen LogP contribution is 2.29. The average molecular weight is 414 g/mol. The van der Waals surface area contributed by atoms with E-state index in [1.54, 1.807) is 18.3 Å². The molecule has 0 aliphatic carbocycles. The van der Waals surface area contributed by atoms with Gasteiger partial charge in [-0.2, -0.15) is 0 Å². The lowest BCUT2D eigenvalue weighted by molar-refractivity contribution is 0.0997. The van der Waals surface area contributed by atoms with Crippen molar-refractivity contribution in [2.24, 2.45) is 5.73 Å². The first-order valence-electron chi connectivity index (χ1n) is 7.36. The van der Waals surface area contributed by atoms with Crippen molar-refractivity contribution in [3.63, 3.8) is 0 Å². The van der Waals surface area contributed by atoms with E-state index in [4.69, 9.17) is 17.3 Å². The summed E-state index contributed by atoms with van der Waals surface area (Å²) < 4.78 is 14.7. The second-order valence-electron chi connectivity index (χ2n) is 5.45. The van der Waals surface area contributed by atoms with E-state index in [0.717, 1.165) is 5.82 Å². The van der Waals surface area contributed by atoms with Gasteiger partial charge in [-0.05, 0) is 24.3 Å². The zero-order valence-electron chi connectivity index (χ0n) is 12.7. The second kappa shape index (κ2) is 6.94. The van der Waals surface area contributed by atoms with Crippen LogP contribution in [0, 0.1) is 5.82 Å². The number of hydrogen-bond donors (Lipinski definition) is 1. The van der Waals surface area contributed by atoms with Crippen LogP contribution in [0.5, 0.6) is 0 Å². The number of anilines is 2. The van der Waals surface area contributed by atoms with Gasteiger partial charge in [-0.25, -0.2) is 9.37 Å². The largest absolute Gasteiger partial charge is 0.367 e. The summed E-state index contributed by atoms with van der Waals surface area (Å²) >= 11 is 9.12. The second-order valence-corrected chi connectivity index (χ2v) is 6.81. The molecular formula is C16H15BrClFN4O. The van der Waals surface area contributed by atoms with Crippen molar-refractivity contribution in [3.05, 3.63) is 51.3 Å². The summed E-state index contributed by atoms with van der Waals surface area (Å²) in [4.78, 5) is 20.0. The molecule has 0 saturated carbocycles. The maximum atomic E-state index is 14.1. The summed E-state index contributed by atoms with van der Waals surface area (Å²) in [7, 11) is 0. The van der Waals surface area contributed by atoms with Gasteiger partial charge in [0.15, 0.2) is 0 Å². The van der Waals surface area contributed by atoms with Gasteiger partial charge in [-0.15, -0.1) is 0 Å². The molecular weight excluding hydrogens is 399 g/mol. The molecule has 8 heteroatoms. The monoisotopic (exact) mass is 412 g/mol. The van der Waals surface area contributed by atoms with Crippen molar-refractivity contribution in [2.45, 2.75) is 0 Å². The molecule has 0 atom stereocenters. The van der Waals surface area contributed by atoms with E-state index in [0.29, 0.717) is 41.4 Å². The van der Waals surface area contributed by atoms with Crippen molar-refractivity contribution in [3.8, 4) is 0 Å². The number of carbonyl (C=O) groups is 1. The summed E-state index contributed by atoms with van der Waals surface area (Å²) in [6.07, 6.45) is 1.61. The Kier molecular flexibility index (Phi) is 4.91. The smallest absolute Gasteiger partial charge is 0.253 e. The van der Waals surface area contributed by atoms with Crippen molar-refractivity contribution in [2.75, 3.05) is 36.0 Å². The number of primary amides is 1. The molecule has 1 aliphatic rings. The van der Waals surface area contributed by atoms with Crippen molar-refractivity contribution >= 4 is 44.9 Å². The molecule has 2 heterocycles. The Morgan fingerprint density at radius 1 is 1.21 bits per heavy atom. The van der Waals surface area contributed by atoms with E-state index in [1.165, 1.54) is 6.07 Å². The highest BCUT2D eigenvalue weighted by Gasteiger charge is 2.24. The first kappa shape index (κ1) is 17.0. The van der Waals surface area contributed by atoms with Crippen molar-refractivity contribution in [1.82, 2.24) is 4.98 Å². The number of piperazine rings is 1. The standard InChI is InChI=1S/C16H15BrClFN4O/c17-10-7-12(19)15(16(20)24)13(8-10)22-3-5-23(6-4-22)14-2-1-11(18)9-21-14/h1-2,7-9H,3-6H2,(H2,20,24). The molecule has 0 radical (unpaired) electrons. The van der Waals surface area contributed by atoms with Crippen LogP contribution in [0.2, 0.25) is 5.02 Å². The van der Waals surface area contributed by atoms with Gasteiger partial charge in [0.25, 0.3) is 5.91 Å². The van der Waals surface area contributed by atoms with Gasteiger partial charge in [0.05, 0.1) is 16.3 Å². The highest BCUT2D eigenvalue weighted by molar-refractivity contribution is 9.10. The van der Waals surface area contributed by atoms with Crippen LogP contribution >= 0.6 is 27.5 Å². The van der Waals surface area contributed by atoms with Gasteiger partial charge in [0, 0.05) is 36.8 Å². The number of amides is 1. The molecule has 3 rings (SSSR count). The van der Waals surface area contributed by atoms with Gasteiger partial charge in [0.2, 0.25) is 0 Å². The van der Waals surface area contributed by atoms with Crippen LogP contribution in [0.15, 0.2) is 34.9 Å². The number of nitrogens with two attached hydrogens (primary N) is 1. The van der Waals surface area contributed by atoms with Crippen LogP contribution in [0.1, 0.15) is 10.4 Å². The molecule has 126 valence electrons. The van der Waals surface area contributed by atoms with E-state index in [1.807, 2.05) is 11.0 Å². The number of nitrogens with zero attached hydrogens (tertiary/aromatic N) is 3. The Balaban J connectivity index is 1.80. The lowest BCUT2D eigenvalue weighted by Gasteiger charge is -2.37. The zero-order valence-corrected chi connectivity index (χ0v) is 15.0. The Labute approximate surface area is 152 Å². The van der Waals surface area contributed by atoms with E-state index < -0.39 is 11.7 Å². The third kappa shape index (κ3) is 3.47. The molecule has 0 bridgehead atoms. The summed E-state index contributed by atoms with van der Waals surface area (Å²) in [5, 5.41) is 0.591. The zero-order chi connectivity index (χ0) is 17.3. The lowest BCUT2D eigenvalue weighted by atomic mass is 10.1. The van der Waals surface area contributed by atoms with Crippen LogP contribution in [0.25, 0.3) is 0 Å². The van der Waals surface area contributed by atoms with Crippen LogP contribution < -0.4 is 15.5 Å². The Morgan fingerprint density at radius 2 is 1.88 bits per heavy atom. The van der Waals surface area contributed by atoms with Crippen LogP contribution in [-0.2, 0) is 0 Å². The number of rotatable bonds is 3. The van der Waals surface area contributed by atoms with Gasteiger partial charge in [0.1, 0.15) is 11.6 Å². The molecule has 0 unspecified atom stereocenters. The van der Waals surface area contributed by atoms with Crippen molar-refractivity contribution < 1.29 is 9.18 Å². The number of hydrogen-bond acceptors (Lipinski definition) is 4. The maximum Gasteiger partial charge on any atom is 0.253 e. The fourth-order valence-corrected chi connectivity index (χ4v) is 3.31. The fraction of sp³-hybridized carbons (Fsp3) is 0.250. The number of aromatic nitrogens is 1. The summed E-state index contributed by atoms with van der Waals surface area (Å²) in [5.74, 6) is -0.542. The maximum absolute atomic E-state index is 14.1. The summed E-state index contributed by atoms with van der Waals surface area (Å²) in [6, 6.07) is 6.63. The minimum atomic E-state index is -0.767. The fourth-order valence-electron chi connectivity index (χ4n) is 2.78. The van der Waals surface area contributed by atoms with Gasteiger partial charge >= 0.3 is 0 Å². The van der Waals surface area contributed by atoms with Gasteiger partial charge < -0.3 is 15.5 Å². The molecule has 2 N–H and O–H groups in total. The Bertz CT molecular complexity index is 763. The molecule has 2 aromatic rings. The topological polar surface area (TPSA) is 62.5 Å². The molecule has 0 spiro atoms. The Morgan fingerprint density at radius 3 is 2.46 bits per heavy atom. The van der Waals surface area contributed by atoms with E-state index in [9.17, 15) is 9.18 Å². The molecule has 1 fully saturated rings. The molecule has 1 aromatic carbocycles. The van der Waals surface area contributed by atoms with E-state index >= 15 is 0 Å². The quantitative estimate of drug-likeness (QED) is 0.840. The van der Waals surface area contributed by atoms with Crippen LogP contribution in [0.3, 0.4) is 0 Å². The minimum Gasteiger partial charge on any atom is -0.367 e. The third-order valence-corrected chi connectivity index (χ3v) is 4.62. The average Bonchev–Trinajstić information content (AvgIpc) is 2.54. The molecule has 1 saturated heterocycles. The summed E-state index contributed by atoms with van der Waals surface area (Å²) in [6.45, 7) is 2.64. The van der Waals surface area contributed by atoms with Gasteiger partial charge in [-0.1, -0.05) is 27.5 Å². The number of halogens is 3. The first-order chi connectivity index (χ1) is 11.5. The number of benzene rings is 1. The van der Waals surface area contributed by atoms with E-state index in [-0.39, 0.29) is 5.56 Å². The predicted octanol–water partition coefficient (Wildman–Crippen LogP) is 3.06. The predicted molar refractivity (Wildman–Crippen MR) is 96.3 cm³/mol. The lowest BCUT2D eigenvalue weighted by Crippen LogP contribution is -2.47. The molecule has 24 heavy (non-hydrogen) atoms. The SMILES string of the molecule is NC(=O)c1c(F)cc(Br)cc1N1CCN(c2ccc(Cl)cn2)CC1. The molecule has 1 amide bonds. The molecule has 1 aromatic heterocycles. The van der Waals surface area contributed by atoms with Crippen molar-refractivity contribution in [1.29, 1.82) is 0 Å². The number of carbonyl (C=O) groups excluding carboxylic acids is 1.